The average Bonchev–Trinajstić information content (AvgIpc) is 2.55. The third-order valence-electron chi connectivity index (χ3n) is 4.10. The van der Waals surface area contributed by atoms with Gasteiger partial charge in [-0.15, -0.1) is 0 Å². The van der Waals surface area contributed by atoms with E-state index in [4.69, 9.17) is 27.9 Å². The highest BCUT2D eigenvalue weighted by Crippen LogP contribution is 2.29. The standard InChI is InChI=1S/C18H19Cl2NO/c19-15-5-1-13(2-6-15)12-22-18-11-21-10-9-17(18)14-3-7-16(20)8-4-14/h1-8,17-18,21H,9-12H2/t17-,18+/m1/s1. The minimum Gasteiger partial charge on any atom is -0.372 e. The molecule has 22 heavy (non-hydrogen) atoms. The molecule has 2 nitrogen and oxygen atoms in total. The monoisotopic (exact) mass is 335 g/mol. The minimum atomic E-state index is 0.172. The van der Waals surface area contributed by atoms with Crippen LogP contribution in [0, 0.1) is 0 Å². The lowest BCUT2D eigenvalue weighted by atomic mass is 9.88. The molecule has 0 amide bonds. The quantitative estimate of drug-likeness (QED) is 0.877. The van der Waals surface area contributed by atoms with Gasteiger partial charge in [0.1, 0.15) is 0 Å². The molecular formula is C18H19Cl2NO. The van der Waals surface area contributed by atoms with E-state index in [9.17, 15) is 0 Å². The zero-order valence-corrected chi connectivity index (χ0v) is 13.8. The van der Waals surface area contributed by atoms with Crippen LogP contribution in [-0.4, -0.2) is 19.2 Å². The lowest BCUT2D eigenvalue weighted by molar-refractivity contribution is 0.0106. The second-order valence-electron chi connectivity index (χ2n) is 5.63. The topological polar surface area (TPSA) is 21.3 Å². The first-order valence-corrected chi connectivity index (χ1v) is 8.30. The third kappa shape index (κ3) is 4.02. The maximum atomic E-state index is 6.17. The number of ether oxygens (including phenoxy) is 1. The number of nitrogens with one attached hydrogen (secondary N) is 1. The molecule has 0 aliphatic carbocycles. The number of hydrogen-bond acceptors (Lipinski definition) is 2. The first-order chi connectivity index (χ1) is 10.7. The molecule has 1 aliphatic rings. The van der Waals surface area contributed by atoms with Crippen molar-refractivity contribution in [3.63, 3.8) is 0 Å². The number of hydrogen-bond donors (Lipinski definition) is 1. The average molecular weight is 336 g/mol. The van der Waals surface area contributed by atoms with Gasteiger partial charge in [0.05, 0.1) is 12.7 Å². The second-order valence-corrected chi connectivity index (χ2v) is 6.50. The van der Waals surface area contributed by atoms with Crippen molar-refractivity contribution >= 4 is 23.2 Å². The molecule has 2 aromatic carbocycles. The normalized spacial score (nSPS) is 21.7. The SMILES string of the molecule is Clc1ccc(CO[C@H]2CNCC[C@@H]2c2ccc(Cl)cc2)cc1. The van der Waals surface area contributed by atoms with Crippen molar-refractivity contribution in [2.75, 3.05) is 13.1 Å². The Hall–Kier alpha value is -1.06. The Morgan fingerprint density at radius 3 is 2.27 bits per heavy atom. The molecule has 0 radical (unpaired) electrons. The molecular weight excluding hydrogens is 317 g/mol. The fraction of sp³-hybridized carbons (Fsp3) is 0.333. The predicted octanol–water partition coefficient (Wildman–Crippen LogP) is 4.66. The van der Waals surface area contributed by atoms with Gasteiger partial charge in [-0.25, -0.2) is 0 Å². The van der Waals surface area contributed by atoms with Gasteiger partial charge in [-0.1, -0.05) is 47.5 Å². The molecule has 4 heteroatoms. The lowest BCUT2D eigenvalue weighted by Gasteiger charge is -2.32. The van der Waals surface area contributed by atoms with Crippen molar-refractivity contribution in [1.82, 2.24) is 5.32 Å². The Morgan fingerprint density at radius 1 is 0.955 bits per heavy atom. The van der Waals surface area contributed by atoms with Crippen molar-refractivity contribution in [2.45, 2.75) is 25.0 Å². The zero-order valence-electron chi connectivity index (χ0n) is 12.3. The van der Waals surface area contributed by atoms with E-state index in [1.165, 1.54) is 5.56 Å². The number of halogens is 2. The number of benzene rings is 2. The summed E-state index contributed by atoms with van der Waals surface area (Å²) in [6, 6.07) is 15.9. The first kappa shape index (κ1) is 15.8. The molecule has 0 saturated carbocycles. The molecule has 116 valence electrons. The highest BCUT2D eigenvalue weighted by atomic mass is 35.5. The largest absolute Gasteiger partial charge is 0.372 e. The van der Waals surface area contributed by atoms with Crippen LogP contribution < -0.4 is 5.32 Å². The van der Waals surface area contributed by atoms with E-state index < -0.39 is 0 Å². The van der Waals surface area contributed by atoms with Crippen LogP contribution in [0.5, 0.6) is 0 Å². The van der Waals surface area contributed by atoms with Crippen LogP contribution in [0.4, 0.5) is 0 Å². The second kappa shape index (κ2) is 7.47. The first-order valence-electron chi connectivity index (χ1n) is 7.54. The van der Waals surface area contributed by atoms with Gasteiger partial charge in [-0.2, -0.15) is 0 Å². The van der Waals surface area contributed by atoms with Crippen LogP contribution in [0.2, 0.25) is 10.0 Å². The van der Waals surface area contributed by atoms with Crippen LogP contribution in [0.15, 0.2) is 48.5 Å². The van der Waals surface area contributed by atoms with Gasteiger partial charge in [-0.3, -0.25) is 0 Å². The van der Waals surface area contributed by atoms with E-state index >= 15 is 0 Å². The Labute approximate surface area is 141 Å². The van der Waals surface area contributed by atoms with Gasteiger partial charge in [0, 0.05) is 22.5 Å². The molecule has 3 rings (SSSR count). The summed E-state index contributed by atoms with van der Waals surface area (Å²) < 4.78 is 6.17. The number of rotatable bonds is 4. The van der Waals surface area contributed by atoms with E-state index in [-0.39, 0.29) is 6.10 Å². The third-order valence-corrected chi connectivity index (χ3v) is 4.61. The van der Waals surface area contributed by atoms with Crippen molar-refractivity contribution in [3.8, 4) is 0 Å². The summed E-state index contributed by atoms with van der Waals surface area (Å²) >= 11 is 11.9. The van der Waals surface area contributed by atoms with Gasteiger partial charge in [0.25, 0.3) is 0 Å². The molecule has 2 aromatic rings. The minimum absolute atomic E-state index is 0.172. The molecule has 0 bridgehead atoms. The van der Waals surface area contributed by atoms with Crippen LogP contribution in [-0.2, 0) is 11.3 Å². The van der Waals surface area contributed by atoms with Crippen molar-refractivity contribution < 1.29 is 4.74 Å². The Bertz CT molecular complexity index is 597. The van der Waals surface area contributed by atoms with Crippen molar-refractivity contribution in [2.24, 2.45) is 0 Å². The van der Waals surface area contributed by atoms with Gasteiger partial charge in [0.15, 0.2) is 0 Å². The fourth-order valence-corrected chi connectivity index (χ4v) is 3.13. The molecule has 0 aromatic heterocycles. The molecule has 1 aliphatic heterocycles. The van der Waals surface area contributed by atoms with Crippen LogP contribution >= 0.6 is 23.2 Å². The van der Waals surface area contributed by atoms with E-state index in [0.29, 0.717) is 12.5 Å². The summed E-state index contributed by atoms with van der Waals surface area (Å²) in [4.78, 5) is 0. The number of piperidine rings is 1. The smallest absolute Gasteiger partial charge is 0.0772 e. The summed E-state index contributed by atoms with van der Waals surface area (Å²) in [7, 11) is 0. The van der Waals surface area contributed by atoms with Gasteiger partial charge in [0.2, 0.25) is 0 Å². The lowest BCUT2D eigenvalue weighted by Crippen LogP contribution is -2.40. The van der Waals surface area contributed by atoms with Crippen LogP contribution in [0.1, 0.15) is 23.5 Å². The van der Waals surface area contributed by atoms with Crippen LogP contribution in [0.3, 0.4) is 0 Å². The van der Waals surface area contributed by atoms with Crippen LogP contribution in [0.25, 0.3) is 0 Å². The molecule has 0 spiro atoms. The highest BCUT2D eigenvalue weighted by molar-refractivity contribution is 6.30. The summed E-state index contributed by atoms with van der Waals surface area (Å²) in [6.45, 7) is 2.50. The highest BCUT2D eigenvalue weighted by Gasteiger charge is 2.27. The molecule has 0 unspecified atom stereocenters. The van der Waals surface area contributed by atoms with Crippen molar-refractivity contribution in [1.29, 1.82) is 0 Å². The molecule has 1 saturated heterocycles. The fourth-order valence-electron chi connectivity index (χ4n) is 2.88. The molecule has 1 fully saturated rings. The van der Waals surface area contributed by atoms with E-state index in [1.54, 1.807) is 0 Å². The summed E-state index contributed by atoms with van der Waals surface area (Å²) in [5.74, 6) is 0.408. The van der Waals surface area contributed by atoms with Gasteiger partial charge >= 0.3 is 0 Å². The molecule has 1 N–H and O–H groups in total. The molecule has 2 atom stereocenters. The summed E-state index contributed by atoms with van der Waals surface area (Å²) in [5.41, 5.74) is 2.44. The van der Waals surface area contributed by atoms with E-state index in [1.807, 2.05) is 36.4 Å². The molecule has 1 heterocycles. The maximum Gasteiger partial charge on any atom is 0.0772 e. The Balaban J connectivity index is 1.67. The van der Waals surface area contributed by atoms with E-state index in [2.05, 4.69) is 17.4 Å². The van der Waals surface area contributed by atoms with Crippen molar-refractivity contribution in [3.05, 3.63) is 69.7 Å². The zero-order chi connectivity index (χ0) is 15.4. The Morgan fingerprint density at radius 2 is 1.59 bits per heavy atom. The summed E-state index contributed by atoms with van der Waals surface area (Å²) in [5, 5.41) is 4.95. The maximum absolute atomic E-state index is 6.17. The summed E-state index contributed by atoms with van der Waals surface area (Å²) in [6.07, 6.45) is 1.25. The van der Waals surface area contributed by atoms with Gasteiger partial charge in [-0.05, 0) is 48.4 Å². The van der Waals surface area contributed by atoms with E-state index in [0.717, 1.165) is 35.1 Å². The predicted molar refractivity (Wildman–Crippen MR) is 91.7 cm³/mol. The van der Waals surface area contributed by atoms with Gasteiger partial charge < -0.3 is 10.1 Å². The Kier molecular flexibility index (Phi) is 5.37.